The van der Waals surface area contributed by atoms with E-state index in [4.69, 9.17) is 10.00 Å². The van der Waals surface area contributed by atoms with E-state index in [0.29, 0.717) is 0 Å². The Morgan fingerprint density at radius 1 is 1.26 bits per heavy atom. The number of aromatic nitrogens is 4. The average Bonchev–Trinajstić information content (AvgIpc) is 3.29. The fourth-order valence-corrected chi connectivity index (χ4v) is 5.11. The van der Waals surface area contributed by atoms with Gasteiger partial charge in [0.05, 0.1) is 42.3 Å². The van der Waals surface area contributed by atoms with Gasteiger partial charge >= 0.3 is 0 Å². The summed E-state index contributed by atoms with van der Waals surface area (Å²) in [6, 6.07) is 8.25. The molecule has 3 aromatic heterocycles. The maximum absolute atomic E-state index is 12.8. The van der Waals surface area contributed by atoms with E-state index in [1.165, 1.54) is 0 Å². The Hall–Kier alpha value is -3.38. The second-order valence-electron chi connectivity index (χ2n) is 8.89. The van der Waals surface area contributed by atoms with Gasteiger partial charge in [-0.05, 0) is 31.9 Å². The Bertz CT molecular complexity index is 1260. The molecule has 3 aromatic rings. The Balaban J connectivity index is 1.73. The molecule has 1 saturated heterocycles. The maximum Gasteiger partial charge on any atom is 0.252 e. The summed E-state index contributed by atoms with van der Waals surface area (Å²) in [5.74, 6) is 0.802. The predicted molar refractivity (Wildman–Crippen MR) is 132 cm³/mol. The summed E-state index contributed by atoms with van der Waals surface area (Å²) in [6.45, 7) is 8.34. The third kappa shape index (κ3) is 4.14. The second kappa shape index (κ2) is 9.85. The van der Waals surface area contributed by atoms with Gasteiger partial charge in [-0.3, -0.25) is 19.4 Å². The molecule has 3 atom stereocenters. The smallest absolute Gasteiger partial charge is 0.252 e. The van der Waals surface area contributed by atoms with Gasteiger partial charge in [0.25, 0.3) is 5.56 Å². The molecule has 9 heteroatoms. The number of aryl methyl sites for hydroxylation is 1. The van der Waals surface area contributed by atoms with E-state index in [9.17, 15) is 4.79 Å². The van der Waals surface area contributed by atoms with E-state index >= 15 is 0 Å². The van der Waals surface area contributed by atoms with Gasteiger partial charge in [-0.1, -0.05) is 13.8 Å². The lowest BCUT2D eigenvalue weighted by Crippen LogP contribution is -2.59. The van der Waals surface area contributed by atoms with Crippen LogP contribution in [0, 0.1) is 11.3 Å². The number of ether oxygens (including phenoxy) is 1. The number of hydrogen-bond donors (Lipinski definition) is 0. The molecular formula is C25H33N7O2. The molecule has 0 aliphatic carbocycles. The number of pyridine rings is 2. The second-order valence-corrected chi connectivity index (χ2v) is 8.89. The molecule has 0 aromatic carbocycles. The minimum Gasteiger partial charge on any atom is -0.495 e. The highest BCUT2D eigenvalue weighted by atomic mass is 16.5. The van der Waals surface area contributed by atoms with Crippen molar-refractivity contribution in [3.05, 3.63) is 46.6 Å². The minimum atomic E-state index is -0.0732. The molecule has 0 bridgehead atoms. The fourth-order valence-electron chi connectivity index (χ4n) is 5.11. The first kappa shape index (κ1) is 23.8. The summed E-state index contributed by atoms with van der Waals surface area (Å²) >= 11 is 0. The number of fused-ring (bicyclic) bond motifs is 1. The van der Waals surface area contributed by atoms with E-state index in [-0.39, 0.29) is 30.2 Å². The first-order valence-corrected chi connectivity index (χ1v) is 11.9. The van der Waals surface area contributed by atoms with Crippen LogP contribution in [0.1, 0.15) is 45.3 Å². The molecule has 0 unspecified atom stereocenters. The third-order valence-corrected chi connectivity index (χ3v) is 7.07. The maximum atomic E-state index is 12.8. The number of nitriles is 1. The molecule has 34 heavy (non-hydrogen) atoms. The molecule has 0 N–H and O–H groups in total. The molecule has 0 spiro atoms. The summed E-state index contributed by atoms with van der Waals surface area (Å²) in [6.07, 6.45) is 5.49. The largest absolute Gasteiger partial charge is 0.495 e. The number of methoxy groups -OCH3 is 1. The molecule has 1 fully saturated rings. The van der Waals surface area contributed by atoms with Gasteiger partial charge in [-0.2, -0.15) is 10.4 Å². The highest BCUT2D eigenvalue weighted by Crippen LogP contribution is 2.35. The molecule has 1 aliphatic heterocycles. The lowest BCUT2D eigenvalue weighted by Gasteiger charge is -2.49. The van der Waals surface area contributed by atoms with Crippen molar-refractivity contribution >= 4 is 16.7 Å². The average molecular weight is 464 g/mol. The Kier molecular flexibility index (Phi) is 6.89. The van der Waals surface area contributed by atoms with Crippen LogP contribution in [0.15, 0.2) is 35.4 Å². The van der Waals surface area contributed by atoms with Gasteiger partial charge in [0.15, 0.2) is 0 Å². The summed E-state index contributed by atoms with van der Waals surface area (Å²) in [5.41, 5.74) is 3.23. The van der Waals surface area contributed by atoms with Crippen molar-refractivity contribution in [3.63, 3.8) is 0 Å². The summed E-state index contributed by atoms with van der Waals surface area (Å²) in [5, 5.41) is 13.8. The zero-order chi connectivity index (χ0) is 24.4. The standard InChI is InChI=1S/C25H33N7O2/c1-6-18-15-32(20-13-23(33)29(4)21-16-30(12-10-26)28-25(20)21)19(7-2)14-31(18)17(3)24-22(34-5)9-8-11-27-24/h8-9,11,13,16-19H,6-7,12,14-15H2,1-5H3/t17-,18+,19-/m0/s1. The number of nitrogens with zero attached hydrogens (tertiary/aromatic N) is 7. The fraction of sp³-hybridized carbons (Fsp3) is 0.520. The Labute approximate surface area is 200 Å². The van der Waals surface area contributed by atoms with Crippen LogP contribution in [-0.2, 0) is 13.6 Å². The van der Waals surface area contributed by atoms with E-state index in [1.54, 1.807) is 35.7 Å². The highest BCUT2D eigenvalue weighted by molar-refractivity contribution is 5.88. The van der Waals surface area contributed by atoms with Gasteiger partial charge in [-0.25, -0.2) is 0 Å². The lowest BCUT2D eigenvalue weighted by molar-refractivity contribution is 0.0976. The quantitative estimate of drug-likeness (QED) is 0.532. The van der Waals surface area contributed by atoms with Crippen LogP contribution in [0.4, 0.5) is 5.69 Å². The van der Waals surface area contributed by atoms with Crippen LogP contribution in [0.25, 0.3) is 11.0 Å². The molecule has 180 valence electrons. The van der Waals surface area contributed by atoms with Crippen molar-refractivity contribution in [2.75, 3.05) is 25.1 Å². The van der Waals surface area contributed by atoms with E-state index < -0.39 is 0 Å². The number of piperazine rings is 1. The van der Waals surface area contributed by atoms with Crippen LogP contribution in [-0.4, -0.2) is 56.5 Å². The lowest BCUT2D eigenvalue weighted by atomic mass is 9.98. The summed E-state index contributed by atoms with van der Waals surface area (Å²) in [4.78, 5) is 22.3. The normalized spacial score (nSPS) is 19.8. The molecule has 1 aliphatic rings. The highest BCUT2D eigenvalue weighted by Gasteiger charge is 2.37. The van der Waals surface area contributed by atoms with Crippen molar-refractivity contribution in [3.8, 4) is 11.8 Å². The van der Waals surface area contributed by atoms with Crippen LogP contribution < -0.4 is 15.2 Å². The van der Waals surface area contributed by atoms with E-state index in [2.05, 4.69) is 46.7 Å². The van der Waals surface area contributed by atoms with Gasteiger partial charge in [0.2, 0.25) is 0 Å². The summed E-state index contributed by atoms with van der Waals surface area (Å²) in [7, 11) is 3.43. The van der Waals surface area contributed by atoms with Crippen LogP contribution >= 0.6 is 0 Å². The van der Waals surface area contributed by atoms with Gasteiger partial charge < -0.3 is 14.2 Å². The van der Waals surface area contributed by atoms with Crippen molar-refractivity contribution in [2.45, 2.75) is 58.3 Å². The zero-order valence-corrected chi connectivity index (χ0v) is 20.6. The van der Waals surface area contributed by atoms with Gasteiger partial charge in [0.1, 0.15) is 17.8 Å². The monoisotopic (exact) mass is 463 g/mol. The van der Waals surface area contributed by atoms with E-state index in [0.717, 1.165) is 54.1 Å². The summed E-state index contributed by atoms with van der Waals surface area (Å²) < 4.78 is 8.80. The molecule has 9 nitrogen and oxygen atoms in total. The van der Waals surface area contributed by atoms with E-state index in [1.807, 2.05) is 18.3 Å². The van der Waals surface area contributed by atoms with Gasteiger partial charge in [0, 0.05) is 44.5 Å². The van der Waals surface area contributed by atoms with Crippen LogP contribution in [0.2, 0.25) is 0 Å². The van der Waals surface area contributed by atoms with Crippen molar-refractivity contribution in [1.82, 2.24) is 24.2 Å². The molecular weight excluding hydrogens is 430 g/mol. The van der Waals surface area contributed by atoms with Crippen LogP contribution in [0.5, 0.6) is 5.75 Å². The first-order valence-electron chi connectivity index (χ1n) is 11.9. The van der Waals surface area contributed by atoms with Crippen molar-refractivity contribution in [2.24, 2.45) is 7.05 Å². The Morgan fingerprint density at radius 2 is 2.03 bits per heavy atom. The van der Waals surface area contributed by atoms with Crippen molar-refractivity contribution < 1.29 is 4.74 Å². The van der Waals surface area contributed by atoms with Gasteiger partial charge in [-0.15, -0.1) is 0 Å². The number of hydrogen-bond acceptors (Lipinski definition) is 7. The third-order valence-electron chi connectivity index (χ3n) is 7.07. The minimum absolute atomic E-state index is 0.0732. The molecule has 0 saturated carbocycles. The zero-order valence-electron chi connectivity index (χ0n) is 20.6. The first-order chi connectivity index (χ1) is 16.4. The predicted octanol–water partition coefficient (Wildman–Crippen LogP) is 3.10. The SMILES string of the molecule is CC[C@H]1CN([C@@H](C)c2ncccc2OC)[C@H](CC)CN1c1cc(=O)n(C)c2cn(CC#N)nc12. The topological polar surface area (TPSA) is 92.2 Å². The molecule has 4 rings (SSSR count). The Morgan fingerprint density at radius 3 is 2.71 bits per heavy atom. The number of rotatable bonds is 7. The molecule has 4 heterocycles. The number of anilines is 1. The van der Waals surface area contributed by atoms with Crippen molar-refractivity contribution in [1.29, 1.82) is 5.26 Å². The molecule has 0 radical (unpaired) electrons. The van der Waals surface area contributed by atoms with Crippen LogP contribution in [0.3, 0.4) is 0 Å². The molecule has 0 amide bonds.